The maximum atomic E-state index is 11.7. The highest BCUT2D eigenvalue weighted by Crippen LogP contribution is 2.29. The van der Waals surface area contributed by atoms with Crippen LogP contribution in [0, 0.1) is 0 Å². The van der Waals surface area contributed by atoms with Crippen LogP contribution in [0.5, 0.6) is 5.75 Å². The first-order chi connectivity index (χ1) is 15.9. The quantitative estimate of drug-likeness (QED) is 0.439. The molecule has 1 aromatic heterocycles. The van der Waals surface area contributed by atoms with E-state index in [9.17, 15) is 9.59 Å². The summed E-state index contributed by atoms with van der Waals surface area (Å²) >= 11 is 6.38. The molecule has 0 aliphatic carbocycles. The van der Waals surface area contributed by atoms with Gasteiger partial charge in [0.05, 0.1) is 12.5 Å². The predicted octanol–water partition coefficient (Wildman–Crippen LogP) is 4.89. The second-order valence-electron chi connectivity index (χ2n) is 7.22. The number of halogens is 1. The molecule has 0 aliphatic heterocycles. The zero-order valence-electron chi connectivity index (χ0n) is 18.4. The van der Waals surface area contributed by atoms with Crippen LogP contribution in [0.3, 0.4) is 0 Å². The van der Waals surface area contributed by atoms with Gasteiger partial charge in [-0.3, -0.25) is 14.6 Å². The Bertz CT molecular complexity index is 1100. The van der Waals surface area contributed by atoms with Gasteiger partial charge in [-0.1, -0.05) is 35.9 Å². The van der Waals surface area contributed by atoms with Gasteiger partial charge in [-0.05, 0) is 48.4 Å². The van der Waals surface area contributed by atoms with Crippen molar-refractivity contribution in [2.24, 2.45) is 0 Å². The Kier molecular flexibility index (Phi) is 8.40. The van der Waals surface area contributed by atoms with Crippen LogP contribution in [-0.2, 0) is 16.1 Å². The molecular formula is C25H25ClN2O5. The molecule has 0 bridgehead atoms. The standard InChI is InChI=1S/C25H25ClN2O5/c1-3-32-23(13-24(29)30)17-5-8-19(9-6-17)33-15-16-4-10-21(26)20(12-16)18-7-11-22(28-14-18)25(31)27-2/h4-12,14,23H,3,13,15H2,1-2H3,(H,27,31)(H,29,30)/t23-/m0/s1. The summed E-state index contributed by atoms with van der Waals surface area (Å²) < 4.78 is 11.4. The minimum Gasteiger partial charge on any atom is -0.489 e. The fourth-order valence-corrected chi connectivity index (χ4v) is 3.50. The topological polar surface area (TPSA) is 97.8 Å². The molecule has 2 aromatic carbocycles. The Labute approximate surface area is 197 Å². The Morgan fingerprint density at radius 1 is 1.12 bits per heavy atom. The summed E-state index contributed by atoms with van der Waals surface area (Å²) in [6.45, 7) is 2.58. The smallest absolute Gasteiger partial charge is 0.306 e. The molecule has 0 saturated carbocycles. The molecule has 1 amide bonds. The van der Waals surface area contributed by atoms with Crippen molar-refractivity contribution in [1.82, 2.24) is 10.3 Å². The van der Waals surface area contributed by atoms with Gasteiger partial charge < -0.3 is 19.9 Å². The molecule has 2 N–H and O–H groups in total. The lowest BCUT2D eigenvalue weighted by Gasteiger charge is -2.16. The van der Waals surface area contributed by atoms with E-state index in [1.165, 1.54) is 0 Å². The van der Waals surface area contributed by atoms with E-state index in [0.717, 1.165) is 22.3 Å². The van der Waals surface area contributed by atoms with E-state index in [0.29, 0.717) is 29.7 Å². The van der Waals surface area contributed by atoms with E-state index >= 15 is 0 Å². The summed E-state index contributed by atoms with van der Waals surface area (Å²) in [7, 11) is 1.55. The number of nitrogens with zero attached hydrogens (tertiary/aromatic N) is 1. The molecule has 172 valence electrons. The third kappa shape index (κ3) is 6.54. The summed E-state index contributed by atoms with van der Waals surface area (Å²) in [6.07, 6.45) is 1.02. The number of carboxylic acids is 1. The molecule has 0 fully saturated rings. The molecule has 0 radical (unpaired) electrons. The van der Waals surface area contributed by atoms with Crippen LogP contribution in [0.25, 0.3) is 11.1 Å². The number of amides is 1. The van der Waals surface area contributed by atoms with E-state index < -0.39 is 12.1 Å². The number of carboxylic acid groups (broad SMARTS) is 1. The van der Waals surface area contributed by atoms with E-state index in [4.69, 9.17) is 26.2 Å². The molecule has 0 aliphatic rings. The molecule has 3 aromatic rings. The fourth-order valence-electron chi connectivity index (χ4n) is 3.28. The molecule has 3 rings (SSSR count). The number of hydrogen-bond acceptors (Lipinski definition) is 5. The third-order valence-corrected chi connectivity index (χ3v) is 5.28. The van der Waals surface area contributed by atoms with Gasteiger partial charge in [0.15, 0.2) is 0 Å². The summed E-state index contributed by atoms with van der Waals surface area (Å²) in [5, 5.41) is 12.2. The number of ether oxygens (including phenoxy) is 2. The van der Waals surface area contributed by atoms with Gasteiger partial charge in [0, 0.05) is 36.0 Å². The minimum absolute atomic E-state index is 0.0967. The highest BCUT2D eigenvalue weighted by atomic mass is 35.5. The van der Waals surface area contributed by atoms with E-state index in [-0.39, 0.29) is 12.3 Å². The molecule has 33 heavy (non-hydrogen) atoms. The number of carbonyl (C=O) groups excluding carboxylic acids is 1. The van der Waals surface area contributed by atoms with Crippen LogP contribution in [0.15, 0.2) is 60.8 Å². The number of aromatic nitrogens is 1. The Balaban J connectivity index is 1.69. The zero-order chi connectivity index (χ0) is 23.8. The first-order valence-corrected chi connectivity index (χ1v) is 10.8. The van der Waals surface area contributed by atoms with Gasteiger partial charge in [0.25, 0.3) is 5.91 Å². The van der Waals surface area contributed by atoms with Crippen LogP contribution in [0.2, 0.25) is 5.02 Å². The molecule has 8 heteroatoms. The van der Waals surface area contributed by atoms with Crippen LogP contribution in [-0.4, -0.2) is 35.6 Å². The zero-order valence-corrected chi connectivity index (χ0v) is 19.1. The Hall–Kier alpha value is -3.42. The monoisotopic (exact) mass is 468 g/mol. The third-order valence-electron chi connectivity index (χ3n) is 4.95. The van der Waals surface area contributed by atoms with Crippen molar-refractivity contribution in [3.63, 3.8) is 0 Å². The number of pyridine rings is 1. The summed E-state index contributed by atoms with van der Waals surface area (Å²) in [5.41, 5.74) is 3.60. The van der Waals surface area contributed by atoms with E-state index in [1.54, 1.807) is 43.6 Å². The molecule has 0 unspecified atom stereocenters. The number of hydrogen-bond donors (Lipinski definition) is 2. The van der Waals surface area contributed by atoms with Gasteiger partial charge >= 0.3 is 5.97 Å². The van der Waals surface area contributed by atoms with Crippen LogP contribution >= 0.6 is 11.6 Å². The lowest BCUT2D eigenvalue weighted by molar-refractivity contribution is -0.140. The molecule has 1 atom stereocenters. The number of nitrogens with one attached hydrogen (secondary N) is 1. The van der Waals surface area contributed by atoms with E-state index in [1.807, 2.05) is 31.2 Å². The van der Waals surface area contributed by atoms with Crippen LogP contribution in [0.1, 0.15) is 41.1 Å². The summed E-state index contributed by atoms with van der Waals surface area (Å²) in [5.74, 6) is -0.514. The largest absolute Gasteiger partial charge is 0.489 e. The lowest BCUT2D eigenvalue weighted by atomic mass is 10.0. The van der Waals surface area contributed by atoms with Crippen molar-refractivity contribution in [2.45, 2.75) is 26.1 Å². The molecule has 1 heterocycles. The van der Waals surface area contributed by atoms with E-state index in [2.05, 4.69) is 10.3 Å². The number of carbonyl (C=O) groups is 2. The number of benzene rings is 2. The fraction of sp³-hybridized carbons (Fsp3) is 0.240. The minimum atomic E-state index is -0.911. The van der Waals surface area contributed by atoms with Crippen LogP contribution < -0.4 is 10.1 Å². The first-order valence-electron chi connectivity index (χ1n) is 10.4. The normalized spacial score (nSPS) is 11.6. The highest BCUT2D eigenvalue weighted by Gasteiger charge is 2.16. The van der Waals surface area contributed by atoms with Gasteiger partial charge in [0.2, 0.25) is 0 Å². The van der Waals surface area contributed by atoms with Crippen molar-refractivity contribution < 1.29 is 24.2 Å². The maximum Gasteiger partial charge on any atom is 0.306 e. The summed E-state index contributed by atoms with van der Waals surface area (Å²) in [4.78, 5) is 26.9. The van der Waals surface area contributed by atoms with Crippen molar-refractivity contribution in [1.29, 1.82) is 0 Å². The second-order valence-corrected chi connectivity index (χ2v) is 7.63. The van der Waals surface area contributed by atoms with Crippen molar-refractivity contribution in [3.05, 3.63) is 82.6 Å². The highest BCUT2D eigenvalue weighted by molar-refractivity contribution is 6.33. The molecular weight excluding hydrogens is 444 g/mol. The molecule has 0 saturated heterocycles. The van der Waals surface area contributed by atoms with Gasteiger partial charge in [-0.2, -0.15) is 0 Å². The molecule has 0 spiro atoms. The average molecular weight is 469 g/mol. The number of aliphatic carboxylic acids is 1. The Morgan fingerprint density at radius 2 is 1.88 bits per heavy atom. The number of rotatable bonds is 10. The van der Waals surface area contributed by atoms with Gasteiger partial charge in [-0.25, -0.2) is 0 Å². The Morgan fingerprint density at radius 3 is 2.48 bits per heavy atom. The van der Waals surface area contributed by atoms with Crippen molar-refractivity contribution in [3.8, 4) is 16.9 Å². The maximum absolute atomic E-state index is 11.7. The van der Waals surface area contributed by atoms with Crippen molar-refractivity contribution >= 4 is 23.5 Å². The lowest BCUT2D eigenvalue weighted by Crippen LogP contribution is -2.18. The van der Waals surface area contributed by atoms with Gasteiger partial charge in [0.1, 0.15) is 18.1 Å². The van der Waals surface area contributed by atoms with Crippen LogP contribution in [0.4, 0.5) is 0 Å². The summed E-state index contributed by atoms with van der Waals surface area (Å²) in [6, 6.07) is 16.3. The first kappa shape index (κ1) is 24.2. The van der Waals surface area contributed by atoms with Crippen molar-refractivity contribution in [2.75, 3.05) is 13.7 Å². The predicted molar refractivity (Wildman–Crippen MR) is 125 cm³/mol. The second kappa shape index (κ2) is 11.4. The average Bonchev–Trinajstić information content (AvgIpc) is 2.83. The molecule has 7 nitrogen and oxygen atoms in total. The SMILES string of the molecule is CCO[C@@H](CC(=O)O)c1ccc(OCc2ccc(Cl)c(-c3ccc(C(=O)NC)nc3)c2)cc1. The van der Waals surface area contributed by atoms with Gasteiger partial charge in [-0.15, -0.1) is 0 Å².